The zero-order valence-electron chi connectivity index (χ0n) is 10.6. The fourth-order valence-corrected chi connectivity index (χ4v) is 2.43. The Morgan fingerprint density at radius 2 is 1.95 bits per heavy atom. The van der Waals surface area contributed by atoms with Crippen molar-refractivity contribution in [2.24, 2.45) is 0 Å². The molecule has 0 aliphatic rings. The Hall–Kier alpha value is -1.48. The fraction of sp³-hybridized carbons (Fsp3) is 0.188. The second-order valence-corrected chi connectivity index (χ2v) is 5.51. The summed E-state index contributed by atoms with van der Waals surface area (Å²) >= 11 is 3.38. The van der Waals surface area contributed by atoms with Gasteiger partial charge in [-0.2, -0.15) is 0 Å². The summed E-state index contributed by atoms with van der Waals surface area (Å²) in [6.45, 7) is 1.89. The predicted octanol–water partition coefficient (Wildman–Crippen LogP) is 4.25. The second kappa shape index (κ2) is 6.11. The molecular weight excluding hydrogens is 307 g/mol. The smallest absolute Gasteiger partial charge is 0.141 e. The third kappa shape index (κ3) is 4.00. The van der Waals surface area contributed by atoms with Crippen molar-refractivity contribution < 1.29 is 9.18 Å². The molecule has 0 N–H and O–H groups in total. The van der Waals surface area contributed by atoms with E-state index in [1.165, 1.54) is 12.1 Å². The summed E-state index contributed by atoms with van der Waals surface area (Å²) < 4.78 is 14.1. The van der Waals surface area contributed by atoms with E-state index in [2.05, 4.69) is 15.9 Å². The van der Waals surface area contributed by atoms with Crippen LogP contribution in [-0.2, 0) is 17.6 Å². The average molecular weight is 321 g/mol. The molecule has 0 heterocycles. The minimum atomic E-state index is -0.296. The van der Waals surface area contributed by atoms with Gasteiger partial charge in [0.1, 0.15) is 11.6 Å². The molecule has 0 aliphatic carbocycles. The van der Waals surface area contributed by atoms with E-state index in [0.29, 0.717) is 6.42 Å². The number of halogens is 2. The number of rotatable bonds is 4. The lowest BCUT2D eigenvalue weighted by Crippen LogP contribution is -2.08. The van der Waals surface area contributed by atoms with Crippen molar-refractivity contribution in [3.8, 4) is 0 Å². The maximum atomic E-state index is 13.2. The van der Waals surface area contributed by atoms with E-state index in [1.807, 2.05) is 31.2 Å². The number of carbonyl (C=O) groups is 1. The molecule has 0 amide bonds. The zero-order valence-corrected chi connectivity index (χ0v) is 12.2. The van der Waals surface area contributed by atoms with Gasteiger partial charge in [-0.15, -0.1) is 0 Å². The van der Waals surface area contributed by atoms with Crippen molar-refractivity contribution in [1.29, 1.82) is 0 Å². The predicted molar refractivity (Wildman–Crippen MR) is 77.7 cm³/mol. The van der Waals surface area contributed by atoms with Gasteiger partial charge >= 0.3 is 0 Å². The largest absolute Gasteiger partial charge is 0.299 e. The Bertz CT molecular complexity index is 607. The van der Waals surface area contributed by atoms with Crippen LogP contribution in [0.1, 0.15) is 16.7 Å². The summed E-state index contributed by atoms with van der Waals surface area (Å²) in [5.41, 5.74) is 2.68. The first kappa shape index (κ1) is 13.9. The Labute approximate surface area is 120 Å². The molecule has 0 unspecified atom stereocenters. The van der Waals surface area contributed by atoms with Gasteiger partial charge in [0.2, 0.25) is 0 Å². The minimum absolute atomic E-state index is 0.0896. The lowest BCUT2D eigenvalue weighted by Gasteiger charge is -2.06. The molecule has 0 atom stereocenters. The van der Waals surface area contributed by atoms with Gasteiger partial charge in [-0.3, -0.25) is 4.79 Å². The Morgan fingerprint density at radius 1 is 1.16 bits per heavy atom. The van der Waals surface area contributed by atoms with E-state index in [-0.39, 0.29) is 18.0 Å². The molecule has 19 heavy (non-hydrogen) atoms. The first-order valence-electron chi connectivity index (χ1n) is 6.06. The van der Waals surface area contributed by atoms with Gasteiger partial charge in [0, 0.05) is 17.3 Å². The third-order valence-electron chi connectivity index (χ3n) is 2.99. The SMILES string of the molecule is Cc1ccc(F)cc1CC(=O)Cc1cccc(Br)c1. The summed E-state index contributed by atoms with van der Waals surface area (Å²) in [6, 6.07) is 12.2. The van der Waals surface area contributed by atoms with Crippen molar-refractivity contribution in [3.05, 3.63) is 69.4 Å². The lowest BCUT2D eigenvalue weighted by molar-refractivity contribution is -0.117. The normalized spacial score (nSPS) is 10.5. The van der Waals surface area contributed by atoms with Crippen LogP contribution in [0.25, 0.3) is 0 Å². The van der Waals surface area contributed by atoms with Gasteiger partial charge in [-0.1, -0.05) is 34.1 Å². The van der Waals surface area contributed by atoms with Gasteiger partial charge < -0.3 is 0 Å². The first-order chi connectivity index (χ1) is 9.04. The quantitative estimate of drug-likeness (QED) is 0.823. The number of benzene rings is 2. The fourth-order valence-electron chi connectivity index (χ4n) is 1.98. The first-order valence-corrected chi connectivity index (χ1v) is 6.85. The van der Waals surface area contributed by atoms with Crippen LogP contribution < -0.4 is 0 Å². The number of carbonyl (C=O) groups excluding carboxylic acids is 1. The molecule has 0 saturated carbocycles. The third-order valence-corrected chi connectivity index (χ3v) is 3.48. The standard InChI is InChI=1S/C16H14BrFO/c1-11-5-6-15(18)9-13(11)10-16(19)8-12-3-2-4-14(17)7-12/h2-7,9H,8,10H2,1H3. The van der Waals surface area contributed by atoms with E-state index in [9.17, 15) is 9.18 Å². The van der Waals surface area contributed by atoms with Crippen molar-refractivity contribution in [2.75, 3.05) is 0 Å². The van der Waals surface area contributed by atoms with E-state index >= 15 is 0 Å². The molecule has 0 spiro atoms. The molecule has 0 bridgehead atoms. The van der Waals surface area contributed by atoms with Gasteiger partial charge in [-0.05, 0) is 47.9 Å². The number of hydrogen-bond donors (Lipinski definition) is 0. The van der Waals surface area contributed by atoms with Crippen molar-refractivity contribution >= 4 is 21.7 Å². The Kier molecular flexibility index (Phi) is 4.48. The molecule has 2 aromatic rings. The monoisotopic (exact) mass is 320 g/mol. The molecule has 0 aliphatic heterocycles. The van der Waals surface area contributed by atoms with Gasteiger partial charge in [-0.25, -0.2) is 4.39 Å². The number of aryl methyl sites for hydroxylation is 1. The highest BCUT2D eigenvalue weighted by Crippen LogP contribution is 2.15. The molecule has 0 saturated heterocycles. The van der Waals surface area contributed by atoms with E-state index in [1.54, 1.807) is 6.07 Å². The number of Topliss-reactive ketones (excluding diaryl/α,β-unsaturated/α-hetero) is 1. The summed E-state index contributed by atoms with van der Waals surface area (Å²) in [6.07, 6.45) is 0.644. The van der Waals surface area contributed by atoms with Crippen LogP contribution in [0.2, 0.25) is 0 Å². The van der Waals surface area contributed by atoms with E-state index < -0.39 is 0 Å². The van der Waals surface area contributed by atoms with E-state index in [0.717, 1.165) is 21.2 Å². The van der Waals surface area contributed by atoms with Crippen LogP contribution in [0, 0.1) is 12.7 Å². The molecule has 0 aromatic heterocycles. The molecule has 98 valence electrons. The minimum Gasteiger partial charge on any atom is -0.299 e. The van der Waals surface area contributed by atoms with Gasteiger partial charge in [0.15, 0.2) is 0 Å². The molecular formula is C16H14BrFO. The van der Waals surface area contributed by atoms with Crippen LogP contribution in [0.5, 0.6) is 0 Å². The lowest BCUT2D eigenvalue weighted by atomic mass is 9.99. The summed E-state index contributed by atoms with van der Waals surface area (Å²) in [7, 11) is 0. The zero-order chi connectivity index (χ0) is 13.8. The van der Waals surface area contributed by atoms with Crippen LogP contribution in [0.3, 0.4) is 0 Å². The molecule has 2 aromatic carbocycles. The average Bonchev–Trinajstić information content (AvgIpc) is 2.34. The van der Waals surface area contributed by atoms with Gasteiger partial charge in [0.05, 0.1) is 0 Å². The van der Waals surface area contributed by atoms with Crippen LogP contribution >= 0.6 is 15.9 Å². The van der Waals surface area contributed by atoms with Crippen LogP contribution in [-0.4, -0.2) is 5.78 Å². The van der Waals surface area contributed by atoms with E-state index in [4.69, 9.17) is 0 Å². The summed E-state index contributed by atoms with van der Waals surface area (Å²) in [5, 5.41) is 0. The van der Waals surface area contributed by atoms with Crippen molar-refractivity contribution in [1.82, 2.24) is 0 Å². The Balaban J connectivity index is 2.07. The number of hydrogen-bond acceptors (Lipinski definition) is 1. The van der Waals surface area contributed by atoms with Crippen molar-refractivity contribution in [3.63, 3.8) is 0 Å². The topological polar surface area (TPSA) is 17.1 Å². The van der Waals surface area contributed by atoms with Crippen LogP contribution in [0.15, 0.2) is 46.9 Å². The van der Waals surface area contributed by atoms with Crippen LogP contribution in [0.4, 0.5) is 4.39 Å². The maximum Gasteiger partial charge on any atom is 0.141 e. The highest BCUT2D eigenvalue weighted by Gasteiger charge is 2.08. The van der Waals surface area contributed by atoms with Crippen molar-refractivity contribution in [2.45, 2.75) is 19.8 Å². The molecule has 3 heteroatoms. The van der Waals surface area contributed by atoms with Gasteiger partial charge in [0.25, 0.3) is 0 Å². The summed E-state index contributed by atoms with van der Waals surface area (Å²) in [4.78, 5) is 12.0. The molecule has 0 fully saturated rings. The maximum absolute atomic E-state index is 13.2. The molecule has 2 rings (SSSR count). The highest BCUT2D eigenvalue weighted by atomic mass is 79.9. The Morgan fingerprint density at radius 3 is 2.68 bits per heavy atom. The molecule has 0 radical (unpaired) electrons. The number of ketones is 1. The summed E-state index contributed by atoms with van der Waals surface area (Å²) in [5.74, 6) is -0.206. The second-order valence-electron chi connectivity index (χ2n) is 4.59. The highest BCUT2D eigenvalue weighted by molar-refractivity contribution is 9.10. The molecule has 1 nitrogen and oxygen atoms in total.